The molecule has 0 unspecified atom stereocenters. The van der Waals surface area contributed by atoms with Gasteiger partial charge in [0.1, 0.15) is 0 Å². The standard InChI is InChI=1S/C9H9BrO2.C8H7BrO2/c1-6-3-4-7(10)5-8(6)9(11)12-2;1-5-2-3-6(9)4-7(5)8(10)11/h3-5H,1-2H3;2-4H,1H3,(H,10,11). The molecule has 6 heteroatoms. The van der Waals surface area contributed by atoms with E-state index in [-0.39, 0.29) is 5.97 Å². The van der Waals surface area contributed by atoms with E-state index in [1.54, 1.807) is 25.1 Å². The first-order valence-corrected chi connectivity index (χ1v) is 8.18. The van der Waals surface area contributed by atoms with Crippen LogP contribution in [0, 0.1) is 13.8 Å². The van der Waals surface area contributed by atoms with Gasteiger partial charge in [0.2, 0.25) is 0 Å². The molecule has 1 N–H and O–H groups in total. The van der Waals surface area contributed by atoms with Crippen molar-refractivity contribution < 1.29 is 19.4 Å². The van der Waals surface area contributed by atoms with Crippen molar-refractivity contribution in [3.8, 4) is 0 Å². The summed E-state index contributed by atoms with van der Waals surface area (Å²) in [5.74, 6) is -1.18. The van der Waals surface area contributed by atoms with Crippen LogP contribution in [-0.4, -0.2) is 24.2 Å². The van der Waals surface area contributed by atoms with E-state index in [1.807, 2.05) is 25.1 Å². The lowest BCUT2D eigenvalue weighted by molar-refractivity contribution is 0.0599. The molecule has 0 saturated carbocycles. The van der Waals surface area contributed by atoms with Gasteiger partial charge in [0, 0.05) is 8.95 Å². The summed E-state index contributed by atoms with van der Waals surface area (Å²) in [6, 6.07) is 10.7. The second kappa shape index (κ2) is 8.84. The van der Waals surface area contributed by atoms with Gasteiger partial charge in [-0.15, -0.1) is 0 Å². The van der Waals surface area contributed by atoms with Gasteiger partial charge < -0.3 is 9.84 Å². The van der Waals surface area contributed by atoms with Crippen LogP contribution < -0.4 is 0 Å². The quantitative estimate of drug-likeness (QED) is 0.663. The lowest BCUT2D eigenvalue weighted by atomic mass is 10.1. The topological polar surface area (TPSA) is 63.6 Å². The highest BCUT2D eigenvalue weighted by Gasteiger charge is 2.08. The van der Waals surface area contributed by atoms with Crippen molar-refractivity contribution in [1.29, 1.82) is 0 Å². The third kappa shape index (κ3) is 5.80. The lowest BCUT2D eigenvalue weighted by Crippen LogP contribution is -2.03. The Balaban J connectivity index is 0.000000231. The molecule has 2 rings (SSSR count). The summed E-state index contributed by atoms with van der Waals surface area (Å²) in [6.45, 7) is 3.65. The maximum Gasteiger partial charge on any atom is 0.338 e. The molecule has 0 aliphatic rings. The zero-order valence-electron chi connectivity index (χ0n) is 12.9. The van der Waals surface area contributed by atoms with Crippen molar-refractivity contribution in [2.45, 2.75) is 13.8 Å². The molecule has 0 spiro atoms. The number of carboxylic acid groups (broad SMARTS) is 1. The number of hydrogen-bond acceptors (Lipinski definition) is 3. The van der Waals surface area contributed by atoms with E-state index in [0.717, 1.165) is 20.1 Å². The Hall–Kier alpha value is -1.66. The second-order valence-electron chi connectivity index (χ2n) is 4.72. The number of ether oxygens (including phenoxy) is 1. The maximum absolute atomic E-state index is 11.1. The average Bonchev–Trinajstić information content (AvgIpc) is 2.51. The van der Waals surface area contributed by atoms with Crippen LogP contribution in [-0.2, 0) is 4.74 Å². The molecular weight excluding hydrogens is 428 g/mol. The van der Waals surface area contributed by atoms with Gasteiger partial charge in [0.15, 0.2) is 0 Å². The van der Waals surface area contributed by atoms with E-state index in [9.17, 15) is 9.59 Å². The molecule has 0 aliphatic heterocycles. The molecule has 23 heavy (non-hydrogen) atoms. The van der Waals surface area contributed by atoms with Crippen LogP contribution in [0.2, 0.25) is 0 Å². The van der Waals surface area contributed by atoms with Crippen LogP contribution in [0.25, 0.3) is 0 Å². The molecule has 0 bridgehead atoms. The van der Waals surface area contributed by atoms with Crippen molar-refractivity contribution in [2.24, 2.45) is 0 Å². The van der Waals surface area contributed by atoms with Gasteiger partial charge in [-0.1, -0.05) is 44.0 Å². The predicted molar refractivity (Wildman–Crippen MR) is 96.1 cm³/mol. The van der Waals surface area contributed by atoms with E-state index in [0.29, 0.717) is 11.1 Å². The molecule has 0 aromatic heterocycles. The summed E-state index contributed by atoms with van der Waals surface area (Å²) in [5, 5.41) is 8.67. The third-order valence-electron chi connectivity index (χ3n) is 3.03. The summed E-state index contributed by atoms with van der Waals surface area (Å²) in [4.78, 5) is 21.7. The number of methoxy groups -OCH3 is 1. The van der Waals surface area contributed by atoms with Crippen LogP contribution in [0.1, 0.15) is 31.8 Å². The number of carboxylic acids is 1. The number of aromatic carboxylic acids is 1. The van der Waals surface area contributed by atoms with Gasteiger partial charge >= 0.3 is 11.9 Å². The smallest absolute Gasteiger partial charge is 0.338 e. The summed E-state index contributed by atoms with van der Waals surface area (Å²) in [7, 11) is 1.38. The summed E-state index contributed by atoms with van der Waals surface area (Å²) in [5.41, 5.74) is 2.65. The van der Waals surface area contributed by atoms with Crippen molar-refractivity contribution in [3.63, 3.8) is 0 Å². The molecule has 0 radical (unpaired) electrons. The minimum Gasteiger partial charge on any atom is -0.478 e. The minimum absolute atomic E-state index is 0.297. The predicted octanol–water partition coefficient (Wildman–Crippen LogP) is 5.00. The van der Waals surface area contributed by atoms with Crippen LogP contribution in [0.3, 0.4) is 0 Å². The highest BCUT2D eigenvalue weighted by atomic mass is 79.9. The minimum atomic E-state index is -0.885. The molecular formula is C17H16Br2O4. The Morgan fingerprint density at radius 2 is 1.35 bits per heavy atom. The highest BCUT2D eigenvalue weighted by Crippen LogP contribution is 2.17. The van der Waals surface area contributed by atoms with Crippen LogP contribution in [0.4, 0.5) is 0 Å². The van der Waals surface area contributed by atoms with Gasteiger partial charge in [-0.05, 0) is 49.2 Å². The molecule has 0 fully saturated rings. The van der Waals surface area contributed by atoms with Crippen molar-refractivity contribution in [2.75, 3.05) is 7.11 Å². The largest absolute Gasteiger partial charge is 0.478 e. The number of carbonyl (C=O) groups is 2. The number of carbonyl (C=O) groups excluding carboxylic acids is 1. The number of rotatable bonds is 2. The molecule has 4 nitrogen and oxygen atoms in total. The zero-order valence-corrected chi connectivity index (χ0v) is 16.1. The Labute approximate surface area is 151 Å². The Morgan fingerprint density at radius 1 is 0.913 bits per heavy atom. The monoisotopic (exact) mass is 442 g/mol. The van der Waals surface area contributed by atoms with Crippen molar-refractivity contribution in [1.82, 2.24) is 0 Å². The SMILES string of the molecule is COC(=O)c1cc(Br)ccc1C.Cc1ccc(Br)cc1C(=O)O. The molecule has 122 valence electrons. The van der Waals surface area contributed by atoms with E-state index in [4.69, 9.17) is 5.11 Å². The van der Waals surface area contributed by atoms with E-state index in [2.05, 4.69) is 36.6 Å². The molecule has 0 atom stereocenters. The van der Waals surface area contributed by atoms with E-state index in [1.165, 1.54) is 7.11 Å². The molecule has 2 aromatic rings. The van der Waals surface area contributed by atoms with Crippen LogP contribution >= 0.6 is 31.9 Å². The number of hydrogen-bond donors (Lipinski definition) is 1. The molecule has 0 aliphatic carbocycles. The first kappa shape index (κ1) is 19.4. The van der Waals surface area contributed by atoms with E-state index >= 15 is 0 Å². The Kier molecular flexibility index (Phi) is 7.45. The van der Waals surface area contributed by atoms with Gasteiger partial charge in [0.05, 0.1) is 18.2 Å². The third-order valence-corrected chi connectivity index (χ3v) is 4.02. The van der Waals surface area contributed by atoms with Crippen molar-refractivity contribution in [3.05, 3.63) is 67.6 Å². The summed E-state index contributed by atoms with van der Waals surface area (Å²) < 4.78 is 6.29. The fraction of sp³-hybridized carbons (Fsp3) is 0.176. The number of aryl methyl sites for hydroxylation is 2. The summed E-state index contributed by atoms with van der Waals surface area (Å²) in [6.07, 6.45) is 0. The average molecular weight is 444 g/mol. The van der Waals surface area contributed by atoms with Gasteiger partial charge in [-0.2, -0.15) is 0 Å². The van der Waals surface area contributed by atoms with Crippen molar-refractivity contribution >= 4 is 43.8 Å². The molecule has 0 amide bonds. The molecule has 2 aromatic carbocycles. The fourth-order valence-electron chi connectivity index (χ4n) is 1.75. The summed E-state index contributed by atoms with van der Waals surface area (Å²) >= 11 is 6.49. The maximum atomic E-state index is 11.1. The van der Waals surface area contributed by atoms with Crippen LogP contribution in [0.5, 0.6) is 0 Å². The number of halogens is 2. The number of esters is 1. The van der Waals surface area contributed by atoms with Crippen LogP contribution in [0.15, 0.2) is 45.3 Å². The number of benzene rings is 2. The highest BCUT2D eigenvalue weighted by molar-refractivity contribution is 9.10. The first-order valence-electron chi connectivity index (χ1n) is 6.60. The first-order chi connectivity index (χ1) is 10.8. The van der Waals surface area contributed by atoms with Gasteiger partial charge in [-0.25, -0.2) is 9.59 Å². The van der Waals surface area contributed by atoms with Gasteiger partial charge in [-0.3, -0.25) is 0 Å². The Bertz CT molecular complexity index is 727. The second-order valence-corrected chi connectivity index (χ2v) is 6.55. The lowest BCUT2D eigenvalue weighted by Gasteiger charge is -2.03. The Morgan fingerprint density at radius 3 is 1.74 bits per heavy atom. The van der Waals surface area contributed by atoms with E-state index < -0.39 is 5.97 Å². The van der Waals surface area contributed by atoms with Gasteiger partial charge in [0.25, 0.3) is 0 Å². The normalized spacial score (nSPS) is 9.61. The molecule has 0 heterocycles. The molecule has 0 saturated heterocycles. The zero-order chi connectivity index (χ0) is 17.6. The fourth-order valence-corrected chi connectivity index (χ4v) is 2.47.